The van der Waals surface area contributed by atoms with E-state index in [1.165, 1.54) is 13.1 Å². The van der Waals surface area contributed by atoms with Gasteiger partial charge in [-0.25, -0.2) is 4.98 Å². The van der Waals surface area contributed by atoms with Crippen LogP contribution in [0.15, 0.2) is 6.20 Å². The molecular weight excluding hydrogens is 345 g/mol. The van der Waals surface area contributed by atoms with Crippen LogP contribution in [0.1, 0.15) is 11.1 Å². The van der Waals surface area contributed by atoms with Gasteiger partial charge in [-0.1, -0.05) is 0 Å². The van der Waals surface area contributed by atoms with Gasteiger partial charge in [-0.05, 0) is 29.5 Å². The Morgan fingerprint density at radius 2 is 2.13 bits per heavy atom. The zero-order valence-corrected chi connectivity index (χ0v) is 10.4. The first kappa shape index (κ1) is 12.8. The van der Waals surface area contributed by atoms with Gasteiger partial charge in [0.1, 0.15) is 9.45 Å². The zero-order valence-electron chi connectivity index (χ0n) is 7.53. The lowest BCUT2D eigenvalue weighted by Crippen LogP contribution is -2.19. The maximum atomic E-state index is 12.1. The quantitative estimate of drug-likeness (QED) is 0.461. The van der Waals surface area contributed by atoms with Gasteiger partial charge in [0, 0.05) is 17.3 Å². The average Bonchev–Trinajstić information content (AvgIpc) is 2.10. The second-order valence-electron chi connectivity index (χ2n) is 2.72. The Kier molecular flexibility index (Phi) is 4.05. The van der Waals surface area contributed by atoms with E-state index in [4.69, 9.17) is 11.6 Å². The molecular formula is C8H6ClF3INO. The van der Waals surface area contributed by atoms with Crippen molar-refractivity contribution in [3.05, 3.63) is 21.0 Å². The molecule has 0 amide bonds. The summed E-state index contributed by atoms with van der Waals surface area (Å²) in [5.41, 5.74) is 0.568. The maximum Gasteiger partial charge on any atom is 0.573 e. The van der Waals surface area contributed by atoms with Crippen LogP contribution < -0.4 is 4.74 Å². The van der Waals surface area contributed by atoms with Crippen molar-refractivity contribution in [1.82, 2.24) is 4.98 Å². The number of pyridine rings is 1. The third-order valence-electron chi connectivity index (χ3n) is 1.60. The van der Waals surface area contributed by atoms with Crippen LogP contribution in [0.2, 0.25) is 0 Å². The molecule has 1 rings (SSSR count). The predicted molar refractivity (Wildman–Crippen MR) is 57.9 cm³/mol. The van der Waals surface area contributed by atoms with E-state index >= 15 is 0 Å². The van der Waals surface area contributed by atoms with Gasteiger partial charge < -0.3 is 4.74 Å². The second-order valence-corrected chi connectivity index (χ2v) is 4.01. The standard InChI is InChI=1S/C8H6ClF3INO/c1-4-3-14-7(13)5(2-9)6(4)15-8(10,11)12/h3H,2H2,1H3. The number of ether oxygens (including phenoxy) is 1. The van der Waals surface area contributed by atoms with Crippen molar-refractivity contribution in [2.45, 2.75) is 19.2 Å². The number of alkyl halides is 4. The molecule has 1 heterocycles. The van der Waals surface area contributed by atoms with E-state index in [2.05, 4.69) is 9.72 Å². The van der Waals surface area contributed by atoms with E-state index in [-0.39, 0.29) is 17.2 Å². The maximum absolute atomic E-state index is 12.1. The molecule has 7 heteroatoms. The van der Waals surface area contributed by atoms with Crippen LogP contribution in [0.5, 0.6) is 5.75 Å². The van der Waals surface area contributed by atoms with Crippen LogP contribution in [-0.4, -0.2) is 11.3 Å². The molecule has 0 atom stereocenters. The van der Waals surface area contributed by atoms with Crippen LogP contribution in [0.4, 0.5) is 13.2 Å². The molecule has 0 unspecified atom stereocenters. The Hall–Kier alpha value is -0.240. The third kappa shape index (κ3) is 3.37. The van der Waals surface area contributed by atoms with Gasteiger partial charge in [-0.3, -0.25) is 0 Å². The highest BCUT2D eigenvalue weighted by Gasteiger charge is 2.33. The summed E-state index contributed by atoms with van der Waals surface area (Å²) < 4.78 is 40.6. The number of nitrogens with zero attached hydrogens (tertiary/aromatic N) is 1. The number of aryl methyl sites for hydroxylation is 1. The van der Waals surface area contributed by atoms with Crippen molar-refractivity contribution in [3.63, 3.8) is 0 Å². The van der Waals surface area contributed by atoms with Crippen LogP contribution in [-0.2, 0) is 5.88 Å². The van der Waals surface area contributed by atoms with Crippen LogP contribution in [0.3, 0.4) is 0 Å². The van der Waals surface area contributed by atoms with Gasteiger partial charge in [-0.2, -0.15) is 0 Å². The number of rotatable bonds is 2. The van der Waals surface area contributed by atoms with Gasteiger partial charge in [0.2, 0.25) is 0 Å². The lowest BCUT2D eigenvalue weighted by Gasteiger charge is -2.14. The molecule has 84 valence electrons. The highest BCUT2D eigenvalue weighted by molar-refractivity contribution is 14.1. The lowest BCUT2D eigenvalue weighted by atomic mass is 10.2. The van der Waals surface area contributed by atoms with Crippen molar-refractivity contribution in [2.75, 3.05) is 0 Å². The molecule has 0 saturated heterocycles. The molecule has 0 N–H and O–H groups in total. The van der Waals surface area contributed by atoms with Crippen LogP contribution >= 0.6 is 34.2 Å². The first-order valence-corrected chi connectivity index (χ1v) is 5.42. The van der Waals surface area contributed by atoms with Gasteiger partial charge in [0.05, 0.1) is 5.88 Å². The van der Waals surface area contributed by atoms with E-state index in [1.807, 2.05) is 22.6 Å². The van der Waals surface area contributed by atoms with E-state index in [1.54, 1.807) is 0 Å². The minimum Gasteiger partial charge on any atom is -0.405 e. The number of aromatic nitrogens is 1. The summed E-state index contributed by atoms with van der Waals surface area (Å²) in [6.45, 7) is 1.49. The number of hydrogen-bond donors (Lipinski definition) is 0. The molecule has 0 saturated carbocycles. The average molecular weight is 351 g/mol. The molecule has 0 aliphatic heterocycles. The van der Waals surface area contributed by atoms with E-state index in [9.17, 15) is 13.2 Å². The normalized spacial score (nSPS) is 11.6. The summed E-state index contributed by atoms with van der Waals surface area (Å²) in [4.78, 5) is 3.90. The van der Waals surface area contributed by atoms with Crippen molar-refractivity contribution in [1.29, 1.82) is 0 Å². The van der Waals surface area contributed by atoms with E-state index < -0.39 is 6.36 Å². The fraction of sp³-hybridized carbons (Fsp3) is 0.375. The second kappa shape index (κ2) is 4.73. The Bertz CT molecular complexity index is 370. The van der Waals surface area contributed by atoms with Gasteiger partial charge in [-0.15, -0.1) is 24.8 Å². The van der Waals surface area contributed by atoms with Gasteiger partial charge >= 0.3 is 6.36 Å². The van der Waals surface area contributed by atoms with Crippen LogP contribution in [0.25, 0.3) is 0 Å². The molecule has 0 fully saturated rings. The minimum absolute atomic E-state index is 0.0711. The molecule has 0 aliphatic carbocycles. The van der Waals surface area contributed by atoms with Gasteiger partial charge in [0.25, 0.3) is 0 Å². The van der Waals surface area contributed by atoms with Crippen molar-refractivity contribution >= 4 is 34.2 Å². The SMILES string of the molecule is Cc1cnc(I)c(CCl)c1OC(F)(F)F. The summed E-state index contributed by atoms with van der Waals surface area (Å²) in [5.74, 6) is -0.324. The molecule has 0 radical (unpaired) electrons. The summed E-state index contributed by atoms with van der Waals surface area (Å²) >= 11 is 7.36. The number of halogens is 5. The summed E-state index contributed by atoms with van der Waals surface area (Å²) in [7, 11) is 0. The zero-order chi connectivity index (χ0) is 11.6. The molecule has 15 heavy (non-hydrogen) atoms. The highest BCUT2D eigenvalue weighted by atomic mass is 127. The molecule has 1 aromatic heterocycles. The monoisotopic (exact) mass is 351 g/mol. The number of hydrogen-bond acceptors (Lipinski definition) is 2. The van der Waals surface area contributed by atoms with Crippen LogP contribution in [0, 0.1) is 10.6 Å². The van der Waals surface area contributed by atoms with Crippen molar-refractivity contribution in [3.8, 4) is 5.75 Å². The fourth-order valence-corrected chi connectivity index (χ4v) is 2.04. The lowest BCUT2D eigenvalue weighted by molar-refractivity contribution is -0.275. The Labute approximate surface area is 103 Å². The first-order valence-electron chi connectivity index (χ1n) is 3.81. The molecule has 0 bridgehead atoms. The highest BCUT2D eigenvalue weighted by Crippen LogP contribution is 2.32. The van der Waals surface area contributed by atoms with E-state index in [0.717, 1.165) is 0 Å². The Balaban J connectivity index is 3.20. The summed E-state index contributed by atoms with van der Waals surface area (Å²) in [6.07, 6.45) is -3.39. The first-order chi connectivity index (χ1) is 6.85. The third-order valence-corrected chi connectivity index (χ3v) is 2.80. The summed E-state index contributed by atoms with van der Waals surface area (Å²) in [5, 5.41) is 0. The topological polar surface area (TPSA) is 22.1 Å². The fourth-order valence-electron chi connectivity index (χ4n) is 0.995. The smallest absolute Gasteiger partial charge is 0.405 e. The molecule has 0 aromatic carbocycles. The summed E-state index contributed by atoms with van der Waals surface area (Å²) in [6, 6.07) is 0. The van der Waals surface area contributed by atoms with Crippen molar-refractivity contribution in [2.24, 2.45) is 0 Å². The van der Waals surface area contributed by atoms with E-state index in [0.29, 0.717) is 9.26 Å². The van der Waals surface area contributed by atoms with Gasteiger partial charge in [0.15, 0.2) is 0 Å². The van der Waals surface area contributed by atoms with Crippen molar-refractivity contribution < 1.29 is 17.9 Å². The molecule has 0 aliphatic rings. The molecule has 0 spiro atoms. The Morgan fingerprint density at radius 1 is 1.53 bits per heavy atom. The largest absolute Gasteiger partial charge is 0.573 e. The Morgan fingerprint density at radius 3 is 2.60 bits per heavy atom. The molecule has 2 nitrogen and oxygen atoms in total. The molecule has 1 aromatic rings. The minimum atomic E-state index is -4.71. The predicted octanol–water partition coefficient (Wildman–Crippen LogP) is 3.63.